The van der Waals surface area contributed by atoms with Crippen LogP contribution in [-0.4, -0.2) is 57.8 Å². The van der Waals surface area contributed by atoms with Gasteiger partial charge in [0.25, 0.3) is 5.91 Å². The number of hydrogen-bond donors (Lipinski definition) is 1. The van der Waals surface area contributed by atoms with Crippen molar-refractivity contribution in [3.05, 3.63) is 48.5 Å². The number of likely N-dealkylation sites (tertiary alicyclic amines) is 1. The Morgan fingerprint density at radius 2 is 2.08 bits per heavy atom. The molecule has 0 spiro atoms. The van der Waals surface area contributed by atoms with Gasteiger partial charge in [0.1, 0.15) is 23.8 Å². The molecule has 0 aliphatic carbocycles. The van der Waals surface area contributed by atoms with Crippen molar-refractivity contribution in [1.29, 1.82) is 0 Å². The van der Waals surface area contributed by atoms with Crippen molar-refractivity contribution in [2.75, 3.05) is 26.3 Å². The Morgan fingerprint density at radius 1 is 1.28 bits per heavy atom. The zero-order chi connectivity index (χ0) is 17.7. The van der Waals surface area contributed by atoms with Crippen LogP contribution in [0.5, 0.6) is 11.8 Å². The van der Waals surface area contributed by atoms with Gasteiger partial charge in [-0.25, -0.2) is 14.4 Å². The summed E-state index contributed by atoms with van der Waals surface area (Å²) in [7, 11) is 0. The van der Waals surface area contributed by atoms with Crippen molar-refractivity contribution < 1.29 is 23.8 Å². The highest BCUT2D eigenvalue weighted by molar-refractivity contribution is 5.78. The van der Waals surface area contributed by atoms with Gasteiger partial charge < -0.3 is 19.5 Å². The predicted molar refractivity (Wildman–Crippen MR) is 85.6 cm³/mol. The van der Waals surface area contributed by atoms with E-state index in [0.717, 1.165) is 0 Å². The summed E-state index contributed by atoms with van der Waals surface area (Å²) in [5, 5.41) is 10.5. The smallest absolute Gasteiger partial charge is 0.316 e. The number of amides is 1. The van der Waals surface area contributed by atoms with Crippen LogP contribution in [0.2, 0.25) is 0 Å². The number of aliphatic hydroxyl groups is 1. The molecule has 1 aromatic heterocycles. The molecule has 1 atom stereocenters. The van der Waals surface area contributed by atoms with Gasteiger partial charge in [0.2, 0.25) is 0 Å². The molecule has 3 rings (SSSR count). The largest absolute Gasteiger partial charge is 0.490 e. The van der Waals surface area contributed by atoms with Crippen LogP contribution in [-0.2, 0) is 4.79 Å². The van der Waals surface area contributed by atoms with Gasteiger partial charge in [-0.1, -0.05) is 6.07 Å². The van der Waals surface area contributed by atoms with Gasteiger partial charge in [-0.15, -0.1) is 0 Å². The first-order chi connectivity index (χ1) is 12.0. The molecule has 1 N–H and O–H groups in total. The van der Waals surface area contributed by atoms with Gasteiger partial charge in [-0.05, 0) is 24.6 Å². The second-order valence-electron chi connectivity index (χ2n) is 5.86. The van der Waals surface area contributed by atoms with Gasteiger partial charge in [0, 0.05) is 25.0 Å². The molecule has 2 heterocycles. The number of carbonyl (C=O) groups is 1. The van der Waals surface area contributed by atoms with E-state index in [-0.39, 0.29) is 31.7 Å². The molecular weight excluding hydrogens is 329 g/mol. The number of aromatic nitrogens is 2. The number of nitrogens with zero attached hydrogens (tertiary/aromatic N) is 3. The Balaban J connectivity index is 1.49. The van der Waals surface area contributed by atoms with Crippen LogP contribution >= 0.6 is 0 Å². The van der Waals surface area contributed by atoms with Crippen molar-refractivity contribution >= 4 is 5.91 Å². The molecule has 1 aromatic carbocycles. The lowest BCUT2D eigenvalue weighted by Gasteiger charge is -2.23. The fraction of sp³-hybridized carbons (Fsp3) is 0.353. The minimum absolute atomic E-state index is 0.0249. The highest BCUT2D eigenvalue weighted by Gasteiger charge is 2.39. The molecule has 1 aliphatic heterocycles. The van der Waals surface area contributed by atoms with Crippen LogP contribution in [0, 0.1) is 5.82 Å². The summed E-state index contributed by atoms with van der Waals surface area (Å²) < 4.78 is 23.8. The number of rotatable bonds is 6. The molecular formula is C17H18FN3O4. The van der Waals surface area contributed by atoms with Crippen molar-refractivity contribution in [3.8, 4) is 11.8 Å². The number of ether oxygens (including phenoxy) is 2. The molecule has 0 radical (unpaired) electrons. The molecule has 0 unspecified atom stereocenters. The standard InChI is InChI=1S/C17H18FN3O4/c18-13-3-1-4-14(9-13)25-12-17(23)5-8-21(11-17)15(22)10-24-16-19-6-2-7-20-16/h1-4,6-7,9,23H,5,8,10-12H2/t17-/m1/s1. The Bertz CT molecular complexity index is 731. The van der Waals surface area contributed by atoms with E-state index in [9.17, 15) is 14.3 Å². The summed E-state index contributed by atoms with van der Waals surface area (Å²) in [6.45, 7) is 0.286. The third-order valence-corrected chi connectivity index (χ3v) is 3.86. The molecule has 25 heavy (non-hydrogen) atoms. The second-order valence-corrected chi connectivity index (χ2v) is 5.86. The zero-order valence-electron chi connectivity index (χ0n) is 13.5. The van der Waals surface area contributed by atoms with Crippen molar-refractivity contribution in [2.45, 2.75) is 12.0 Å². The fourth-order valence-electron chi connectivity index (χ4n) is 2.54. The van der Waals surface area contributed by atoms with Crippen LogP contribution in [0.4, 0.5) is 4.39 Å². The van der Waals surface area contributed by atoms with E-state index in [2.05, 4.69) is 9.97 Å². The topological polar surface area (TPSA) is 84.8 Å². The van der Waals surface area contributed by atoms with Gasteiger partial charge >= 0.3 is 6.01 Å². The highest BCUT2D eigenvalue weighted by Crippen LogP contribution is 2.23. The molecule has 0 saturated carbocycles. The number of β-amino-alcohol motifs (C(OH)–C–C–N with tert-alkyl or cyclic N) is 1. The van der Waals surface area contributed by atoms with E-state index >= 15 is 0 Å². The zero-order valence-corrected chi connectivity index (χ0v) is 13.5. The molecule has 1 fully saturated rings. The van der Waals surface area contributed by atoms with Crippen molar-refractivity contribution in [2.24, 2.45) is 0 Å². The van der Waals surface area contributed by atoms with Gasteiger partial charge in [-0.2, -0.15) is 0 Å². The quantitative estimate of drug-likeness (QED) is 0.840. The van der Waals surface area contributed by atoms with E-state index < -0.39 is 11.4 Å². The summed E-state index contributed by atoms with van der Waals surface area (Å²) in [6.07, 6.45) is 3.41. The Kier molecular flexibility index (Phi) is 5.08. The number of benzene rings is 1. The minimum Gasteiger partial charge on any atom is -0.490 e. The summed E-state index contributed by atoms with van der Waals surface area (Å²) in [5.41, 5.74) is -1.18. The molecule has 0 bridgehead atoms. The maximum absolute atomic E-state index is 13.1. The normalized spacial score (nSPS) is 19.7. The Labute approximate surface area is 144 Å². The van der Waals surface area contributed by atoms with E-state index in [1.54, 1.807) is 12.1 Å². The van der Waals surface area contributed by atoms with Crippen molar-refractivity contribution in [1.82, 2.24) is 14.9 Å². The minimum atomic E-state index is -1.18. The lowest BCUT2D eigenvalue weighted by Crippen LogP contribution is -2.41. The first kappa shape index (κ1) is 17.1. The van der Waals surface area contributed by atoms with Crippen LogP contribution < -0.4 is 9.47 Å². The SMILES string of the molecule is O=C(COc1ncccn1)N1CC[C@](O)(COc2cccc(F)c2)C1. The lowest BCUT2D eigenvalue weighted by molar-refractivity contribution is -0.133. The van der Waals surface area contributed by atoms with Crippen molar-refractivity contribution in [3.63, 3.8) is 0 Å². The van der Waals surface area contributed by atoms with Gasteiger partial charge in [-0.3, -0.25) is 4.79 Å². The van der Waals surface area contributed by atoms with Crippen LogP contribution in [0.25, 0.3) is 0 Å². The average Bonchev–Trinajstić information content (AvgIpc) is 3.02. The van der Waals surface area contributed by atoms with Crippen LogP contribution in [0.15, 0.2) is 42.7 Å². The third kappa shape index (κ3) is 4.63. The maximum atomic E-state index is 13.1. The van der Waals surface area contributed by atoms with Crippen LogP contribution in [0.3, 0.4) is 0 Å². The Morgan fingerprint density at radius 3 is 2.84 bits per heavy atom. The van der Waals surface area contributed by atoms with E-state index in [1.807, 2.05) is 0 Å². The van der Waals surface area contributed by atoms with Gasteiger partial charge in [0.15, 0.2) is 6.61 Å². The summed E-state index contributed by atoms with van der Waals surface area (Å²) in [6, 6.07) is 7.47. The number of hydrogen-bond acceptors (Lipinski definition) is 6. The van der Waals surface area contributed by atoms with Gasteiger partial charge in [0.05, 0.1) is 6.54 Å². The van der Waals surface area contributed by atoms with Crippen LogP contribution in [0.1, 0.15) is 6.42 Å². The fourth-order valence-corrected chi connectivity index (χ4v) is 2.54. The molecule has 7 nitrogen and oxygen atoms in total. The molecule has 1 saturated heterocycles. The average molecular weight is 347 g/mol. The monoisotopic (exact) mass is 347 g/mol. The summed E-state index contributed by atoms with van der Waals surface area (Å²) in [4.78, 5) is 21.4. The van der Waals surface area contributed by atoms with E-state index in [1.165, 1.54) is 35.5 Å². The molecule has 1 aliphatic rings. The second kappa shape index (κ2) is 7.43. The summed E-state index contributed by atoms with van der Waals surface area (Å²) >= 11 is 0. The molecule has 2 aromatic rings. The highest BCUT2D eigenvalue weighted by atomic mass is 19.1. The lowest BCUT2D eigenvalue weighted by atomic mass is 10.1. The maximum Gasteiger partial charge on any atom is 0.316 e. The van der Waals surface area contributed by atoms with E-state index in [0.29, 0.717) is 18.7 Å². The summed E-state index contributed by atoms with van der Waals surface area (Å²) in [5.74, 6) is -0.343. The first-order valence-corrected chi connectivity index (χ1v) is 7.82. The molecule has 8 heteroatoms. The number of carbonyl (C=O) groups excluding carboxylic acids is 1. The van der Waals surface area contributed by atoms with E-state index in [4.69, 9.17) is 9.47 Å². The Hall–Kier alpha value is -2.74. The number of halogens is 1. The third-order valence-electron chi connectivity index (χ3n) is 3.86. The first-order valence-electron chi connectivity index (χ1n) is 7.82. The molecule has 132 valence electrons. The predicted octanol–water partition coefficient (Wildman–Crippen LogP) is 1.04. The molecule has 1 amide bonds.